The molecule has 0 saturated carbocycles. The van der Waals surface area contributed by atoms with Crippen molar-refractivity contribution in [2.75, 3.05) is 19.0 Å². The van der Waals surface area contributed by atoms with Crippen LogP contribution < -0.4 is 10.6 Å². The Morgan fingerprint density at radius 3 is 2.52 bits per heavy atom. The summed E-state index contributed by atoms with van der Waals surface area (Å²) in [5, 5.41) is 5.68. The summed E-state index contributed by atoms with van der Waals surface area (Å²) >= 11 is 1.47. The largest absolute Gasteiger partial charge is 0.468 e. The molecule has 156 valence electrons. The van der Waals surface area contributed by atoms with Gasteiger partial charge in [-0.1, -0.05) is 54.2 Å². The second kappa shape index (κ2) is 9.06. The first-order valence-electron chi connectivity index (χ1n) is 9.70. The van der Waals surface area contributed by atoms with Crippen LogP contribution in [0.2, 0.25) is 0 Å². The number of esters is 1. The smallest absolute Gasteiger partial charge is 0.314 e. The topological polar surface area (TPSA) is 84.5 Å². The number of benzene rings is 3. The van der Waals surface area contributed by atoms with Gasteiger partial charge in [-0.15, -0.1) is 0 Å². The lowest BCUT2D eigenvalue weighted by molar-refractivity contribution is -0.142. The number of ether oxygens (including phenoxy) is 1. The lowest BCUT2D eigenvalue weighted by Gasteiger charge is -2.16. The van der Waals surface area contributed by atoms with Gasteiger partial charge >= 0.3 is 5.97 Å². The maximum atomic E-state index is 12.8. The lowest BCUT2D eigenvalue weighted by atomic mass is 9.99. The van der Waals surface area contributed by atoms with Gasteiger partial charge in [0, 0.05) is 21.9 Å². The second-order valence-electron chi connectivity index (χ2n) is 6.96. The average Bonchev–Trinajstić information content (AvgIpc) is 2.94. The summed E-state index contributed by atoms with van der Waals surface area (Å²) in [6.45, 7) is 0.0964. The molecule has 0 unspecified atom stereocenters. The maximum absolute atomic E-state index is 12.8. The zero-order valence-corrected chi connectivity index (χ0v) is 17.6. The number of nitrogens with one attached hydrogen (secondary N) is 2. The molecule has 0 saturated heterocycles. The first kappa shape index (κ1) is 20.7. The van der Waals surface area contributed by atoms with Crippen molar-refractivity contribution < 1.29 is 19.1 Å². The molecule has 3 aromatic carbocycles. The van der Waals surface area contributed by atoms with Gasteiger partial charge < -0.3 is 15.4 Å². The van der Waals surface area contributed by atoms with Crippen LogP contribution in [0.25, 0.3) is 0 Å². The molecule has 0 bridgehead atoms. The number of hydrogen-bond donors (Lipinski definition) is 2. The zero-order chi connectivity index (χ0) is 21.8. The third-order valence-corrected chi connectivity index (χ3v) is 6.15. The lowest BCUT2D eigenvalue weighted by Crippen LogP contribution is -2.32. The van der Waals surface area contributed by atoms with Gasteiger partial charge in [0.2, 0.25) is 0 Å². The van der Waals surface area contributed by atoms with Crippen molar-refractivity contribution in [1.29, 1.82) is 0 Å². The van der Waals surface area contributed by atoms with E-state index in [2.05, 4.69) is 10.6 Å². The van der Waals surface area contributed by atoms with Crippen LogP contribution in [0.1, 0.15) is 32.2 Å². The quantitative estimate of drug-likeness (QED) is 0.593. The third-order valence-electron chi connectivity index (χ3n) is 5.00. The molecule has 0 radical (unpaired) electrons. The minimum Gasteiger partial charge on any atom is -0.468 e. The summed E-state index contributed by atoms with van der Waals surface area (Å²) in [6.07, 6.45) is 0. The molecule has 3 aromatic rings. The normalized spacial score (nSPS) is 13.1. The summed E-state index contributed by atoms with van der Waals surface area (Å²) in [5.41, 5.74) is 2.32. The first-order chi connectivity index (χ1) is 15.1. The maximum Gasteiger partial charge on any atom is 0.314 e. The van der Waals surface area contributed by atoms with Crippen LogP contribution in [0.15, 0.2) is 82.6 Å². The summed E-state index contributed by atoms with van der Waals surface area (Å²) in [4.78, 5) is 39.3. The van der Waals surface area contributed by atoms with E-state index in [4.69, 9.17) is 4.74 Å². The van der Waals surface area contributed by atoms with Crippen molar-refractivity contribution in [3.8, 4) is 0 Å². The van der Waals surface area contributed by atoms with Crippen LogP contribution in [-0.4, -0.2) is 31.4 Å². The molecule has 0 aromatic heterocycles. The Bertz CT molecular complexity index is 1150. The van der Waals surface area contributed by atoms with Gasteiger partial charge in [-0.2, -0.15) is 0 Å². The molecule has 31 heavy (non-hydrogen) atoms. The number of methoxy groups -OCH3 is 1. The number of carbonyl (C=O) groups is 3. The second-order valence-corrected chi connectivity index (χ2v) is 8.04. The van der Waals surface area contributed by atoms with Gasteiger partial charge in [-0.05, 0) is 35.9 Å². The van der Waals surface area contributed by atoms with Crippen molar-refractivity contribution >= 4 is 35.2 Å². The predicted molar refractivity (Wildman–Crippen MR) is 118 cm³/mol. The fourth-order valence-electron chi connectivity index (χ4n) is 3.37. The average molecular weight is 433 g/mol. The number of amides is 2. The van der Waals surface area contributed by atoms with Gasteiger partial charge in [-0.25, -0.2) is 0 Å². The summed E-state index contributed by atoms with van der Waals surface area (Å²) in [7, 11) is 1.32. The van der Waals surface area contributed by atoms with Crippen LogP contribution in [0.3, 0.4) is 0 Å². The Morgan fingerprint density at radius 1 is 1.00 bits per heavy atom. The van der Waals surface area contributed by atoms with E-state index in [0.29, 0.717) is 16.8 Å². The van der Waals surface area contributed by atoms with Crippen LogP contribution in [0, 0.1) is 0 Å². The molecular formula is C24H20N2O4S. The van der Waals surface area contributed by atoms with Crippen LogP contribution in [-0.2, 0) is 9.53 Å². The number of anilines is 1. The molecule has 2 N–H and O–H groups in total. The monoisotopic (exact) mass is 432 g/mol. The highest BCUT2D eigenvalue weighted by Gasteiger charge is 2.24. The molecular weight excluding hydrogens is 412 g/mol. The standard InChI is InChI=1S/C24H20N2O4S/c1-30-24(29)18(15-7-3-2-4-8-15)14-25-22(27)16-11-12-21-19(13-16)26-23(28)17-9-5-6-10-20(17)31-21/h2-13,18H,14H2,1H3,(H,25,27)(H,26,28)/t18-/m1/s1. The molecule has 4 rings (SSSR count). The summed E-state index contributed by atoms with van der Waals surface area (Å²) in [5.74, 6) is -1.58. The number of carbonyl (C=O) groups excluding carboxylic acids is 3. The summed E-state index contributed by atoms with van der Waals surface area (Å²) in [6, 6.07) is 21.7. The highest BCUT2D eigenvalue weighted by molar-refractivity contribution is 7.99. The molecule has 1 atom stereocenters. The van der Waals surface area contributed by atoms with Crippen molar-refractivity contribution in [2.45, 2.75) is 15.7 Å². The molecule has 1 aliphatic heterocycles. The number of rotatable bonds is 5. The number of hydrogen-bond acceptors (Lipinski definition) is 5. The molecule has 7 heteroatoms. The minimum absolute atomic E-state index is 0.0964. The van der Waals surface area contributed by atoms with E-state index in [1.165, 1.54) is 18.9 Å². The molecule has 1 heterocycles. The van der Waals surface area contributed by atoms with Crippen molar-refractivity contribution in [1.82, 2.24) is 5.32 Å². The third kappa shape index (κ3) is 4.46. The van der Waals surface area contributed by atoms with E-state index >= 15 is 0 Å². The van der Waals surface area contributed by atoms with Crippen molar-refractivity contribution in [3.05, 3.63) is 89.5 Å². The fraction of sp³-hybridized carbons (Fsp3) is 0.125. The molecule has 6 nitrogen and oxygen atoms in total. The van der Waals surface area contributed by atoms with E-state index in [-0.39, 0.29) is 18.4 Å². The van der Waals surface area contributed by atoms with Gasteiger partial charge in [0.15, 0.2) is 0 Å². The molecule has 0 aliphatic carbocycles. The van der Waals surface area contributed by atoms with Gasteiger partial charge in [0.25, 0.3) is 11.8 Å². The highest BCUT2D eigenvalue weighted by Crippen LogP contribution is 2.39. The molecule has 0 spiro atoms. The van der Waals surface area contributed by atoms with Crippen molar-refractivity contribution in [3.63, 3.8) is 0 Å². The molecule has 2 amide bonds. The Hall–Kier alpha value is -3.58. The Balaban J connectivity index is 1.52. The fourth-order valence-corrected chi connectivity index (χ4v) is 4.38. The summed E-state index contributed by atoms with van der Waals surface area (Å²) < 4.78 is 4.90. The predicted octanol–water partition coefficient (Wildman–Crippen LogP) is 4.09. The number of fused-ring (bicyclic) bond motifs is 2. The van der Waals surface area contributed by atoms with E-state index in [1.54, 1.807) is 18.2 Å². The van der Waals surface area contributed by atoms with E-state index in [9.17, 15) is 14.4 Å². The molecule has 0 fully saturated rings. The SMILES string of the molecule is COC(=O)[C@H](CNC(=O)c1ccc2c(c1)NC(=O)c1ccccc1S2)c1ccccc1. The van der Waals surface area contributed by atoms with Crippen LogP contribution in [0.4, 0.5) is 5.69 Å². The van der Waals surface area contributed by atoms with Gasteiger partial charge in [0.1, 0.15) is 0 Å². The Labute approximate surface area is 184 Å². The molecule has 1 aliphatic rings. The Morgan fingerprint density at radius 2 is 1.74 bits per heavy atom. The highest BCUT2D eigenvalue weighted by atomic mass is 32.2. The van der Waals surface area contributed by atoms with Crippen molar-refractivity contribution in [2.24, 2.45) is 0 Å². The van der Waals surface area contributed by atoms with Crippen LogP contribution in [0.5, 0.6) is 0 Å². The van der Waals surface area contributed by atoms with Crippen LogP contribution >= 0.6 is 11.8 Å². The van der Waals surface area contributed by atoms with E-state index in [0.717, 1.165) is 15.4 Å². The zero-order valence-electron chi connectivity index (χ0n) is 16.8. The van der Waals surface area contributed by atoms with Gasteiger partial charge in [0.05, 0.1) is 24.3 Å². The Kier molecular flexibility index (Phi) is 6.04. The first-order valence-corrected chi connectivity index (χ1v) is 10.5. The van der Waals surface area contributed by atoms with E-state index in [1.807, 2.05) is 54.6 Å². The minimum atomic E-state index is -0.610. The van der Waals surface area contributed by atoms with E-state index < -0.39 is 11.9 Å². The van der Waals surface area contributed by atoms with Gasteiger partial charge in [-0.3, -0.25) is 14.4 Å².